The van der Waals surface area contributed by atoms with Gasteiger partial charge in [0.15, 0.2) is 0 Å². The summed E-state index contributed by atoms with van der Waals surface area (Å²) in [5.74, 6) is 14.4. The van der Waals surface area contributed by atoms with E-state index in [1.165, 1.54) is 11.9 Å². The predicted molar refractivity (Wildman–Crippen MR) is 362 cm³/mol. The van der Waals surface area contributed by atoms with Gasteiger partial charge in [0.1, 0.15) is 11.5 Å². The van der Waals surface area contributed by atoms with Crippen molar-refractivity contribution in [1.82, 2.24) is 51.6 Å². The first kappa shape index (κ1) is 65.4. The van der Waals surface area contributed by atoms with Gasteiger partial charge < -0.3 is 46.7 Å². The van der Waals surface area contributed by atoms with Crippen molar-refractivity contribution in [3.63, 3.8) is 0 Å². The molecule has 92 heavy (non-hydrogen) atoms. The average Bonchev–Trinajstić information content (AvgIpc) is 1.60. The van der Waals surface area contributed by atoms with Crippen LogP contribution < -0.4 is 41.9 Å². The number of amides is 7. The third kappa shape index (κ3) is 17.5. The third-order valence-corrected chi connectivity index (χ3v) is 20.5. The van der Waals surface area contributed by atoms with Crippen LogP contribution in [0.5, 0.6) is 0 Å². The van der Waals surface area contributed by atoms with Crippen LogP contribution in [-0.2, 0) is 48.4 Å². The maximum absolute atomic E-state index is 14.1. The van der Waals surface area contributed by atoms with E-state index >= 15 is 0 Å². The Morgan fingerprint density at radius 2 is 1.12 bits per heavy atom. The van der Waals surface area contributed by atoms with E-state index in [-0.39, 0.29) is 72.7 Å². The number of ketones is 1. The third-order valence-electron chi connectivity index (χ3n) is 16.9. The first-order chi connectivity index (χ1) is 45.0. The van der Waals surface area contributed by atoms with E-state index in [2.05, 4.69) is 75.9 Å². The number of rotatable bonds is 29. The van der Waals surface area contributed by atoms with Crippen molar-refractivity contribution in [2.24, 2.45) is 0 Å². The molecule has 5 aromatic carbocycles. The van der Waals surface area contributed by atoms with Gasteiger partial charge in [-0.1, -0.05) is 126 Å². The number of aryl methyl sites for hydroxylation is 1. The highest BCUT2D eigenvalue weighted by Gasteiger charge is 2.44. The summed E-state index contributed by atoms with van der Waals surface area (Å²) in [6, 6.07) is 37.5. The second kappa shape index (κ2) is 32.5. The molecule has 5 aliphatic rings. The lowest BCUT2D eigenvalue weighted by molar-refractivity contribution is -0.122. The molecule has 7 amide bonds. The summed E-state index contributed by atoms with van der Waals surface area (Å²) in [4.78, 5) is 76.5. The number of urea groups is 2. The molecule has 8 N–H and O–H groups in total. The Kier molecular flexibility index (Phi) is 23.1. The SMILES string of the molecule is CSNCCC(=O)C1c2ccccc2-c2nnn(CCC(=O)Nc3cc(C#Cc4ccc(COCCNC(=O)CCCCC5SCC6NC(=O)NC65)cc4)cc(C#Cc4ccc(COCCNC(=O)CCCCC5SCC6NC(=O)NC65)cc4)c3)c2-c2ccccc21. The number of nitrogens with one attached hydrogen (secondary N) is 8. The summed E-state index contributed by atoms with van der Waals surface area (Å²) in [6.45, 7) is 3.11. The molecule has 22 heteroatoms. The van der Waals surface area contributed by atoms with Crippen LogP contribution >= 0.6 is 35.5 Å². The van der Waals surface area contributed by atoms with Crippen molar-refractivity contribution in [3.8, 4) is 46.2 Å². The topological polar surface area (TPSA) is 248 Å². The predicted octanol–water partition coefficient (Wildman–Crippen LogP) is 8.43. The fourth-order valence-corrected chi connectivity index (χ4v) is 15.7. The summed E-state index contributed by atoms with van der Waals surface area (Å²) in [6.07, 6.45) is 8.69. The maximum Gasteiger partial charge on any atom is 0.315 e. The van der Waals surface area contributed by atoms with E-state index in [4.69, 9.17) is 9.47 Å². The fraction of sp³-hybridized carbons (Fsp3) is 0.400. The van der Waals surface area contributed by atoms with Crippen LogP contribution in [0.2, 0.25) is 0 Å². The molecular weight excluding hydrogens is 1220 g/mol. The number of Topliss-reactive ketones (excluding diaryl/α,β-unsaturated/α-hetero) is 1. The largest absolute Gasteiger partial charge is 0.375 e. The monoisotopic (exact) mass is 1300 g/mol. The van der Waals surface area contributed by atoms with Gasteiger partial charge in [0.2, 0.25) is 17.7 Å². The second-order valence-corrected chi connectivity index (χ2v) is 26.7. The molecule has 4 saturated heterocycles. The molecule has 4 aliphatic heterocycles. The summed E-state index contributed by atoms with van der Waals surface area (Å²) in [5.41, 5.74) is 10.2. The maximum atomic E-state index is 14.1. The molecule has 478 valence electrons. The van der Waals surface area contributed by atoms with Crippen LogP contribution in [0.1, 0.15) is 115 Å². The Bertz CT molecular complexity index is 3600. The van der Waals surface area contributed by atoms with Crippen LogP contribution in [0.3, 0.4) is 0 Å². The van der Waals surface area contributed by atoms with Crippen LogP contribution in [-0.4, -0.2) is 136 Å². The molecule has 7 atom stereocenters. The van der Waals surface area contributed by atoms with E-state index in [9.17, 15) is 28.8 Å². The average molecular weight is 1300 g/mol. The smallest absolute Gasteiger partial charge is 0.315 e. The van der Waals surface area contributed by atoms with E-state index in [1.54, 1.807) is 4.68 Å². The molecule has 6 aromatic rings. The number of aromatic nitrogens is 3. The van der Waals surface area contributed by atoms with Crippen molar-refractivity contribution < 1.29 is 38.2 Å². The number of benzene rings is 5. The molecule has 0 radical (unpaired) electrons. The van der Waals surface area contributed by atoms with Crippen LogP contribution in [0, 0.1) is 23.7 Å². The van der Waals surface area contributed by atoms with Crippen molar-refractivity contribution in [1.29, 1.82) is 0 Å². The zero-order chi connectivity index (χ0) is 63.6. The van der Waals surface area contributed by atoms with Crippen molar-refractivity contribution in [2.45, 2.75) is 125 Å². The van der Waals surface area contributed by atoms with E-state index in [0.717, 1.165) is 100 Å². The number of carbonyl (C=O) groups excluding carboxylic acids is 6. The molecule has 4 fully saturated rings. The molecule has 1 aliphatic carbocycles. The Morgan fingerprint density at radius 1 is 0.598 bits per heavy atom. The number of carbonyl (C=O) groups is 6. The summed E-state index contributed by atoms with van der Waals surface area (Å²) in [7, 11) is 0. The van der Waals surface area contributed by atoms with Gasteiger partial charge in [0, 0.05) is 106 Å². The molecule has 5 heterocycles. The number of hydrogen-bond acceptors (Lipinski definition) is 14. The highest BCUT2D eigenvalue weighted by molar-refractivity contribution is 8.00. The number of anilines is 1. The normalized spacial score (nSPS) is 19.6. The van der Waals surface area contributed by atoms with Crippen molar-refractivity contribution in [3.05, 3.63) is 160 Å². The van der Waals surface area contributed by atoms with Gasteiger partial charge in [-0.15, -0.1) is 5.10 Å². The van der Waals surface area contributed by atoms with Crippen LogP contribution in [0.15, 0.2) is 115 Å². The molecule has 0 saturated carbocycles. The number of hydrogen-bond donors (Lipinski definition) is 8. The van der Waals surface area contributed by atoms with Gasteiger partial charge in [0.25, 0.3) is 0 Å². The lowest BCUT2D eigenvalue weighted by atomic mass is 9.83. The first-order valence-corrected chi connectivity index (χ1v) is 35.0. The summed E-state index contributed by atoms with van der Waals surface area (Å²) in [5, 5.41) is 31.1. The van der Waals surface area contributed by atoms with E-state index in [0.29, 0.717) is 98.3 Å². The minimum Gasteiger partial charge on any atom is -0.375 e. The zero-order valence-electron chi connectivity index (χ0n) is 51.5. The van der Waals surface area contributed by atoms with Crippen molar-refractivity contribution >= 4 is 76.7 Å². The Labute approximate surface area is 549 Å². The fourth-order valence-electron chi connectivity index (χ4n) is 12.3. The van der Waals surface area contributed by atoms with Crippen LogP contribution in [0.25, 0.3) is 22.5 Å². The second-order valence-electron chi connectivity index (χ2n) is 23.5. The quantitative estimate of drug-likeness (QED) is 0.00951. The van der Waals surface area contributed by atoms with Gasteiger partial charge in [0.05, 0.1) is 68.8 Å². The Balaban J connectivity index is 0.692. The first-order valence-electron chi connectivity index (χ1n) is 31.7. The van der Waals surface area contributed by atoms with Gasteiger partial charge >= 0.3 is 12.1 Å². The van der Waals surface area contributed by atoms with E-state index < -0.39 is 5.92 Å². The zero-order valence-corrected chi connectivity index (χ0v) is 53.9. The molecular formula is C70H77N11O8S3. The number of ether oxygens (including phenoxy) is 2. The Morgan fingerprint density at radius 3 is 1.67 bits per heavy atom. The summed E-state index contributed by atoms with van der Waals surface area (Å²) >= 11 is 5.26. The van der Waals surface area contributed by atoms with Gasteiger partial charge in [-0.25, -0.2) is 14.3 Å². The molecule has 0 bridgehead atoms. The molecule has 19 nitrogen and oxygen atoms in total. The number of fused-ring (bicyclic) bond motifs is 7. The molecule has 0 spiro atoms. The van der Waals surface area contributed by atoms with E-state index in [1.807, 2.05) is 145 Å². The minimum atomic E-state index is -0.500. The van der Waals surface area contributed by atoms with Crippen LogP contribution in [0.4, 0.5) is 15.3 Å². The number of unbranched alkanes of at least 4 members (excludes halogenated alkanes) is 2. The highest BCUT2D eigenvalue weighted by Crippen LogP contribution is 2.45. The highest BCUT2D eigenvalue weighted by atomic mass is 32.2. The van der Waals surface area contributed by atoms with Gasteiger partial charge in [-0.05, 0) is 96.7 Å². The molecule has 11 rings (SSSR count). The standard InChI is InChI=1S/C70H77N11O8S3/c1-90-73-32-30-58(82)64-52-10-2-4-12-54(52)65-68(55-13-5-3-11-53(55)64)81(80-79-65)35-31-63(85)74-51-39-49(28-22-45-18-24-47(25-19-45)41-88-36-33-71-61(83)16-8-6-14-59-66-56(43-91-59)75-69(86)77-66)38-50(40-51)29-23-46-20-26-48(27-21-46)42-89-37-34-72-62(84)17-9-7-15-60-67-57(44-92-60)76-70(87)78-67/h2-5,10-13,18-21,24-27,38-40,56-57,59-60,64,66-67,73H,6-9,14-17,30-37,41-44H2,1H3,(H,71,83)(H,72,84)(H,74,85)(H2,75,77,86)(H2,76,78,87). The lowest BCUT2D eigenvalue weighted by Gasteiger charge is -2.19. The lowest BCUT2D eigenvalue weighted by Crippen LogP contribution is -2.36. The van der Waals surface area contributed by atoms with Gasteiger partial charge in [-0.2, -0.15) is 23.5 Å². The minimum absolute atomic E-state index is 0.00794. The Hall–Kier alpha value is -8.09. The molecule has 1 aromatic heterocycles. The van der Waals surface area contributed by atoms with Gasteiger partial charge in [-0.3, -0.25) is 23.9 Å². The summed E-state index contributed by atoms with van der Waals surface area (Å²) < 4.78 is 16.8. The number of thioether (sulfide) groups is 2. The number of nitrogens with zero attached hydrogens (tertiary/aromatic N) is 3. The molecule has 7 unspecified atom stereocenters. The van der Waals surface area contributed by atoms with Crippen molar-refractivity contribution in [2.75, 3.05) is 55.9 Å².